The van der Waals surface area contributed by atoms with Crippen LogP contribution in [0.15, 0.2) is 48.5 Å². The molecule has 2 aromatic carbocycles. The van der Waals surface area contributed by atoms with Gasteiger partial charge in [0.25, 0.3) is 5.91 Å². The van der Waals surface area contributed by atoms with Crippen molar-refractivity contribution in [2.24, 2.45) is 5.92 Å². The summed E-state index contributed by atoms with van der Waals surface area (Å²) >= 11 is 0. The molecule has 0 aromatic heterocycles. The quantitative estimate of drug-likeness (QED) is 0.716. The Labute approximate surface area is 163 Å². The second kappa shape index (κ2) is 8.67. The fourth-order valence-electron chi connectivity index (χ4n) is 3.55. The van der Waals surface area contributed by atoms with Crippen molar-refractivity contribution in [2.75, 3.05) is 11.9 Å². The van der Waals surface area contributed by atoms with Crippen molar-refractivity contribution in [3.8, 4) is 0 Å². The summed E-state index contributed by atoms with van der Waals surface area (Å²) in [6.45, 7) is 2.94. The Hall–Kier alpha value is -2.50. The highest BCUT2D eigenvalue weighted by Gasteiger charge is 2.31. The Bertz CT molecular complexity index is 794. The molecule has 1 saturated carbocycles. The Morgan fingerprint density at radius 2 is 1.71 bits per heavy atom. The van der Waals surface area contributed by atoms with Crippen LogP contribution in [0.25, 0.3) is 0 Å². The first-order valence-electron chi connectivity index (χ1n) is 9.60. The molecule has 0 atom stereocenters. The maximum Gasteiger partial charge on any atom is 0.416 e. The lowest BCUT2D eigenvalue weighted by Crippen LogP contribution is -2.38. The Balaban J connectivity index is 1.46. The Kier molecular flexibility index (Phi) is 6.27. The van der Waals surface area contributed by atoms with Crippen molar-refractivity contribution in [1.29, 1.82) is 0 Å². The lowest BCUT2D eigenvalue weighted by Gasteiger charge is -2.29. The minimum absolute atomic E-state index is 0.0117. The lowest BCUT2D eigenvalue weighted by molar-refractivity contribution is -0.137. The average molecular weight is 390 g/mol. The van der Waals surface area contributed by atoms with E-state index in [9.17, 15) is 18.0 Å². The number of halogens is 3. The summed E-state index contributed by atoms with van der Waals surface area (Å²) < 4.78 is 38.4. The number of carbonyl (C=O) groups excluding carboxylic acids is 1. The molecule has 0 radical (unpaired) electrons. The van der Waals surface area contributed by atoms with E-state index in [4.69, 9.17) is 0 Å². The molecule has 0 heterocycles. The predicted molar refractivity (Wildman–Crippen MR) is 104 cm³/mol. The summed E-state index contributed by atoms with van der Waals surface area (Å²) in [6, 6.07) is 12.9. The molecule has 1 aliphatic carbocycles. The van der Waals surface area contributed by atoms with Gasteiger partial charge in [0.1, 0.15) is 0 Å². The van der Waals surface area contributed by atoms with Crippen LogP contribution in [0.2, 0.25) is 0 Å². The van der Waals surface area contributed by atoms with Crippen molar-refractivity contribution in [3.63, 3.8) is 0 Å². The molecule has 0 bridgehead atoms. The minimum Gasteiger partial charge on any atom is -0.385 e. The molecule has 0 aliphatic heterocycles. The molecule has 3 rings (SSSR count). The zero-order chi connectivity index (χ0) is 20.1. The van der Waals surface area contributed by atoms with Gasteiger partial charge in [-0.15, -0.1) is 0 Å². The topological polar surface area (TPSA) is 41.1 Å². The number of amides is 1. The maximum atomic E-state index is 12.8. The number of alkyl halides is 3. The summed E-state index contributed by atoms with van der Waals surface area (Å²) in [5, 5.41) is 6.34. The van der Waals surface area contributed by atoms with Crippen LogP contribution in [0.4, 0.5) is 18.9 Å². The van der Waals surface area contributed by atoms with Crippen LogP contribution < -0.4 is 10.6 Å². The van der Waals surface area contributed by atoms with Crippen LogP contribution in [0, 0.1) is 12.8 Å². The zero-order valence-electron chi connectivity index (χ0n) is 15.9. The second-order valence-corrected chi connectivity index (χ2v) is 7.52. The van der Waals surface area contributed by atoms with Gasteiger partial charge in [-0.1, -0.05) is 23.8 Å². The van der Waals surface area contributed by atoms with E-state index in [1.54, 1.807) is 0 Å². The SMILES string of the molecule is Cc1ccc(NCC2CCC(NC(=O)c3cccc(C(F)(F)F)c3)CC2)cc1. The van der Waals surface area contributed by atoms with Crippen molar-refractivity contribution >= 4 is 11.6 Å². The van der Waals surface area contributed by atoms with Gasteiger partial charge in [0, 0.05) is 23.8 Å². The van der Waals surface area contributed by atoms with Crippen LogP contribution in [0.1, 0.15) is 47.2 Å². The van der Waals surface area contributed by atoms with Gasteiger partial charge in [0.2, 0.25) is 0 Å². The van der Waals surface area contributed by atoms with Gasteiger partial charge in [-0.2, -0.15) is 13.2 Å². The first kappa shape index (κ1) is 20.2. The largest absolute Gasteiger partial charge is 0.416 e. The zero-order valence-corrected chi connectivity index (χ0v) is 15.9. The smallest absolute Gasteiger partial charge is 0.385 e. The highest BCUT2D eigenvalue weighted by atomic mass is 19.4. The molecule has 6 heteroatoms. The molecule has 150 valence electrons. The van der Waals surface area contributed by atoms with E-state index in [0.717, 1.165) is 50.0 Å². The number of nitrogens with one attached hydrogen (secondary N) is 2. The molecular formula is C22H25F3N2O. The van der Waals surface area contributed by atoms with Crippen molar-refractivity contribution < 1.29 is 18.0 Å². The van der Waals surface area contributed by atoms with E-state index in [1.807, 2.05) is 0 Å². The summed E-state index contributed by atoms with van der Waals surface area (Å²) in [4.78, 5) is 12.3. The lowest BCUT2D eigenvalue weighted by atomic mass is 9.86. The summed E-state index contributed by atoms with van der Waals surface area (Å²) in [7, 11) is 0. The van der Waals surface area contributed by atoms with Gasteiger partial charge >= 0.3 is 6.18 Å². The van der Waals surface area contributed by atoms with Crippen LogP contribution in [0.5, 0.6) is 0 Å². The van der Waals surface area contributed by atoms with Gasteiger partial charge < -0.3 is 10.6 Å². The van der Waals surface area contributed by atoms with Gasteiger partial charge in [-0.3, -0.25) is 4.79 Å². The Morgan fingerprint density at radius 3 is 2.36 bits per heavy atom. The number of aryl methyl sites for hydroxylation is 1. The number of rotatable bonds is 5. The molecule has 3 nitrogen and oxygen atoms in total. The number of hydrogen-bond donors (Lipinski definition) is 2. The molecule has 0 unspecified atom stereocenters. The van der Waals surface area contributed by atoms with Gasteiger partial charge in [0.15, 0.2) is 0 Å². The van der Waals surface area contributed by atoms with Crippen molar-refractivity contribution in [3.05, 3.63) is 65.2 Å². The normalized spacial score (nSPS) is 19.9. The minimum atomic E-state index is -4.45. The van der Waals surface area contributed by atoms with E-state index in [-0.39, 0.29) is 11.6 Å². The molecular weight excluding hydrogens is 365 g/mol. The highest BCUT2D eigenvalue weighted by molar-refractivity contribution is 5.94. The van der Waals surface area contributed by atoms with Gasteiger partial charge in [-0.25, -0.2) is 0 Å². The first-order valence-corrected chi connectivity index (χ1v) is 9.60. The summed E-state index contributed by atoms with van der Waals surface area (Å²) in [5.41, 5.74) is 1.58. The van der Waals surface area contributed by atoms with Crippen LogP contribution in [0.3, 0.4) is 0 Å². The molecule has 0 saturated heterocycles. The van der Waals surface area contributed by atoms with E-state index < -0.39 is 17.6 Å². The second-order valence-electron chi connectivity index (χ2n) is 7.52. The fourth-order valence-corrected chi connectivity index (χ4v) is 3.55. The molecule has 0 spiro atoms. The number of benzene rings is 2. The van der Waals surface area contributed by atoms with E-state index >= 15 is 0 Å². The first-order chi connectivity index (χ1) is 13.3. The predicted octanol–water partition coefficient (Wildman–Crippen LogP) is 5.41. The molecule has 28 heavy (non-hydrogen) atoms. The third-order valence-electron chi connectivity index (χ3n) is 5.28. The van der Waals surface area contributed by atoms with Crippen molar-refractivity contribution in [2.45, 2.75) is 44.8 Å². The number of anilines is 1. The van der Waals surface area contributed by atoms with Gasteiger partial charge in [-0.05, 0) is 68.9 Å². The number of hydrogen-bond acceptors (Lipinski definition) is 2. The van der Waals surface area contributed by atoms with Gasteiger partial charge in [0.05, 0.1) is 5.56 Å². The van der Waals surface area contributed by atoms with E-state index in [1.165, 1.54) is 17.7 Å². The summed E-state index contributed by atoms with van der Waals surface area (Å²) in [6.07, 6.45) is -0.812. The fraction of sp³-hybridized carbons (Fsp3) is 0.409. The maximum absolute atomic E-state index is 12.8. The monoisotopic (exact) mass is 390 g/mol. The van der Waals surface area contributed by atoms with Crippen LogP contribution >= 0.6 is 0 Å². The van der Waals surface area contributed by atoms with Crippen LogP contribution in [-0.4, -0.2) is 18.5 Å². The van der Waals surface area contributed by atoms with E-state index in [2.05, 4.69) is 41.8 Å². The summed E-state index contributed by atoms with van der Waals surface area (Å²) in [5.74, 6) is 0.0929. The molecule has 1 aliphatic rings. The molecule has 1 fully saturated rings. The molecule has 2 N–H and O–H groups in total. The average Bonchev–Trinajstić information content (AvgIpc) is 2.68. The number of carbonyl (C=O) groups is 1. The highest BCUT2D eigenvalue weighted by Crippen LogP contribution is 2.30. The van der Waals surface area contributed by atoms with Crippen LogP contribution in [-0.2, 0) is 6.18 Å². The third kappa shape index (κ3) is 5.50. The molecule has 1 amide bonds. The van der Waals surface area contributed by atoms with E-state index in [0.29, 0.717) is 5.92 Å². The van der Waals surface area contributed by atoms with Crippen molar-refractivity contribution in [1.82, 2.24) is 5.32 Å². The standard InChI is InChI=1S/C22H25F3N2O/c1-15-5-9-19(10-6-15)26-14-16-7-11-20(12-8-16)27-21(28)17-3-2-4-18(13-17)22(23,24)25/h2-6,9-10,13,16,20,26H,7-8,11-12,14H2,1H3,(H,27,28). The molecule has 2 aromatic rings. The Morgan fingerprint density at radius 1 is 1.04 bits per heavy atom. The third-order valence-corrected chi connectivity index (χ3v) is 5.28.